The Morgan fingerprint density at radius 2 is 1.83 bits per heavy atom. The molecule has 0 radical (unpaired) electrons. The highest BCUT2D eigenvalue weighted by Gasteiger charge is 1.98. The van der Waals surface area contributed by atoms with Crippen LogP contribution in [0.4, 0.5) is 0 Å². The van der Waals surface area contributed by atoms with E-state index in [1.165, 1.54) is 24.8 Å². The first-order valence-corrected chi connectivity index (χ1v) is 10.8. The molecule has 0 aromatic heterocycles. The van der Waals surface area contributed by atoms with Crippen LogP contribution in [0.5, 0.6) is 5.75 Å². The summed E-state index contributed by atoms with van der Waals surface area (Å²) in [5.41, 5.74) is 1.27. The van der Waals surface area contributed by atoms with Crippen molar-refractivity contribution in [1.82, 2.24) is 4.90 Å². The maximum absolute atomic E-state index is 10.4. The summed E-state index contributed by atoms with van der Waals surface area (Å²) in [7, 11) is -0.375. The lowest BCUT2D eigenvalue weighted by Gasteiger charge is -2.13. The van der Waals surface area contributed by atoms with E-state index in [0.717, 1.165) is 31.9 Å². The van der Waals surface area contributed by atoms with Gasteiger partial charge in [-0.1, -0.05) is 36.6 Å². The fraction of sp³-hybridized carbons (Fsp3) is 0.571. The molecule has 0 saturated heterocycles. The van der Waals surface area contributed by atoms with Gasteiger partial charge in [0.25, 0.3) is 0 Å². The SMILES string of the molecule is C=CCN(C)CCCCCCOc1ccc(C)cc1.CCOC(=O)CN=S(=O)=O. The van der Waals surface area contributed by atoms with Crippen LogP contribution in [0.25, 0.3) is 0 Å². The van der Waals surface area contributed by atoms with Crippen molar-refractivity contribution in [2.45, 2.75) is 39.5 Å². The molecule has 0 aliphatic heterocycles. The molecule has 1 aromatic carbocycles. The Labute approximate surface area is 176 Å². The van der Waals surface area contributed by atoms with Gasteiger partial charge in [-0.25, -0.2) is 0 Å². The van der Waals surface area contributed by atoms with E-state index in [9.17, 15) is 13.2 Å². The number of hydrogen-bond acceptors (Lipinski definition) is 7. The number of unbranched alkanes of at least 4 members (excludes halogenated alkanes) is 3. The summed E-state index contributed by atoms with van der Waals surface area (Å²) in [6.07, 6.45) is 6.87. The molecule has 1 aromatic rings. The van der Waals surface area contributed by atoms with Crippen LogP contribution >= 0.6 is 0 Å². The van der Waals surface area contributed by atoms with Crippen LogP contribution in [0, 0.1) is 6.92 Å². The molecule has 0 aliphatic carbocycles. The van der Waals surface area contributed by atoms with Crippen molar-refractivity contribution in [3.63, 3.8) is 0 Å². The Morgan fingerprint density at radius 1 is 1.17 bits per heavy atom. The zero-order valence-electron chi connectivity index (χ0n) is 17.8. The molecular weight excluding hydrogens is 392 g/mol. The molecule has 1 rings (SSSR count). The van der Waals surface area contributed by atoms with Crippen molar-refractivity contribution < 1.29 is 22.7 Å². The number of esters is 1. The van der Waals surface area contributed by atoms with E-state index in [1.807, 2.05) is 18.2 Å². The average molecular weight is 427 g/mol. The second-order valence-electron chi connectivity index (χ2n) is 6.44. The third kappa shape index (κ3) is 17.6. The number of carbonyl (C=O) groups is 1. The van der Waals surface area contributed by atoms with Crippen LogP contribution < -0.4 is 4.74 Å². The highest BCUT2D eigenvalue weighted by molar-refractivity contribution is 7.61. The van der Waals surface area contributed by atoms with Gasteiger partial charge in [0.15, 0.2) is 6.54 Å². The number of hydrogen-bond donors (Lipinski definition) is 0. The minimum absolute atomic E-state index is 0.236. The van der Waals surface area contributed by atoms with Gasteiger partial charge >= 0.3 is 16.5 Å². The molecule has 0 unspecified atom stereocenters. The van der Waals surface area contributed by atoms with Gasteiger partial charge in [0, 0.05) is 6.54 Å². The Hall–Kier alpha value is -2.19. The topological polar surface area (TPSA) is 85.3 Å². The van der Waals surface area contributed by atoms with E-state index in [2.05, 4.69) is 46.7 Å². The molecule has 0 saturated carbocycles. The van der Waals surface area contributed by atoms with Gasteiger partial charge in [-0.15, -0.1) is 6.58 Å². The van der Waals surface area contributed by atoms with Crippen molar-refractivity contribution in [1.29, 1.82) is 0 Å². The number of carbonyl (C=O) groups excluding carboxylic acids is 1. The standard InChI is InChI=1S/C17H27NO.C4H7NO4S/c1-4-13-18(3)14-7-5-6-8-15-19-17-11-9-16(2)10-12-17;1-2-9-4(6)3-5-10(7)8/h4,9-12H,1,5-8,13-15H2,2-3H3;2-3H2,1H3. The van der Waals surface area contributed by atoms with E-state index in [-0.39, 0.29) is 6.61 Å². The lowest BCUT2D eigenvalue weighted by Crippen LogP contribution is -2.19. The molecule has 0 aliphatic rings. The third-order valence-electron chi connectivity index (χ3n) is 3.77. The maximum atomic E-state index is 10.4. The summed E-state index contributed by atoms with van der Waals surface area (Å²) >= 11 is 0. The fourth-order valence-electron chi connectivity index (χ4n) is 2.29. The van der Waals surface area contributed by atoms with Gasteiger partial charge in [-0.2, -0.15) is 12.8 Å². The van der Waals surface area contributed by atoms with Crippen molar-refractivity contribution in [2.24, 2.45) is 4.36 Å². The molecule has 164 valence electrons. The number of rotatable bonds is 13. The first-order chi connectivity index (χ1) is 13.9. The van der Waals surface area contributed by atoms with Crippen LogP contribution in [0.3, 0.4) is 0 Å². The summed E-state index contributed by atoms with van der Waals surface area (Å²) in [6.45, 7) is 10.2. The first-order valence-electron chi connectivity index (χ1n) is 9.80. The van der Waals surface area contributed by atoms with Crippen LogP contribution in [0.1, 0.15) is 38.2 Å². The van der Waals surface area contributed by atoms with Crippen molar-refractivity contribution in [2.75, 3.05) is 39.9 Å². The van der Waals surface area contributed by atoms with Crippen LogP contribution in [-0.2, 0) is 20.0 Å². The zero-order chi connectivity index (χ0) is 21.9. The number of likely N-dealkylation sites (N-methyl/N-ethyl adjacent to an activating group) is 1. The molecule has 8 heteroatoms. The second-order valence-corrected chi connectivity index (χ2v) is 7.13. The smallest absolute Gasteiger partial charge is 0.328 e. The van der Waals surface area contributed by atoms with E-state index in [1.54, 1.807) is 6.92 Å². The Morgan fingerprint density at radius 3 is 2.41 bits per heavy atom. The number of ether oxygens (including phenoxy) is 2. The summed E-state index contributed by atoms with van der Waals surface area (Å²) < 4.78 is 32.4. The molecule has 7 nitrogen and oxygen atoms in total. The Kier molecular flexibility index (Phi) is 16.5. The van der Waals surface area contributed by atoms with Gasteiger partial charge in [-0.05, 0) is 52.4 Å². The lowest BCUT2D eigenvalue weighted by molar-refractivity contribution is -0.141. The predicted octanol–water partition coefficient (Wildman–Crippen LogP) is 3.66. The molecule has 0 amide bonds. The fourth-order valence-corrected chi connectivity index (χ4v) is 2.50. The molecule has 0 N–H and O–H groups in total. The summed E-state index contributed by atoms with van der Waals surface area (Å²) in [6, 6.07) is 8.26. The van der Waals surface area contributed by atoms with Crippen molar-refractivity contribution in [3.8, 4) is 5.75 Å². The van der Waals surface area contributed by atoms with Crippen LogP contribution in [0.2, 0.25) is 0 Å². The highest BCUT2D eigenvalue weighted by Crippen LogP contribution is 2.12. The predicted molar refractivity (Wildman–Crippen MR) is 116 cm³/mol. The highest BCUT2D eigenvalue weighted by atomic mass is 32.2. The maximum Gasteiger partial charge on any atom is 0.328 e. The summed E-state index contributed by atoms with van der Waals surface area (Å²) in [4.78, 5) is 12.7. The van der Waals surface area contributed by atoms with Crippen molar-refractivity contribution >= 4 is 16.5 Å². The quantitative estimate of drug-likeness (QED) is 0.272. The molecule has 0 heterocycles. The van der Waals surface area contributed by atoms with E-state index in [0.29, 0.717) is 0 Å². The third-order valence-corrected chi connectivity index (χ3v) is 4.11. The summed E-state index contributed by atoms with van der Waals surface area (Å²) in [5, 5.41) is 0. The lowest BCUT2D eigenvalue weighted by atomic mass is 10.2. The molecule has 0 fully saturated rings. The van der Waals surface area contributed by atoms with E-state index >= 15 is 0 Å². The number of aryl methyl sites for hydroxylation is 1. The monoisotopic (exact) mass is 426 g/mol. The van der Waals surface area contributed by atoms with Gasteiger partial charge in [0.1, 0.15) is 5.75 Å². The van der Waals surface area contributed by atoms with Crippen LogP contribution in [0.15, 0.2) is 41.3 Å². The molecule has 29 heavy (non-hydrogen) atoms. The minimum atomic E-state index is -2.52. The molecule has 0 bridgehead atoms. The first kappa shape index (κ1) is 26.8. The minimum Gasteiger partial charge on any atom is -0.494 e. The number of nitrogens with zero attached hydrogens (tertiary/aromatic N) is 2. The molecule has 0 atom stereocenters. The van der Waals surface area contributed by atoms with E-state index < -0.39 is 23.0 Å². The molecule has 0 spiro atoms. The van der Waals surface area contributed by atoms with E-state index in [4.69, 9.17) is 4.74 Å². The van der Waals surface area contributed by atoms with Crippen molar-refractivity contribution in [3.05, 3.63) is 42.5 Å². The Balaban J connectivity index is 0.000000665. The average Bonchev–Trinajstić information content (AvgIpc) is 2.68. The largest absolute Gasteiger partial charge is 0.494 e. The van der Waals surface area contributed by atoms with Gasteiger partial charge < -0.3 is 14.4 Å². The summed E-state index contributed by atoms with van der Waals surface area (Å²) in [5.74, 6) is 0.350. The van der Waals surface area contributed by atoms with Crippen LogP contribution in [-0.4, -0.2) is 59.2 Å². The Bertz CT molecular complexity index is 694. The number of benzene rings is 1. The van der Waals surface area contributed by atoms with Gasteiger partial charge in [0.2, 0.25) is 0 Å². The van der Waals surface area contributed by atoms with Gasteiger partial charge in [-0.3, -0.25) is 4.79 Å². The normalized spacial score (nSPS) is 9.93. The zero-order valence-corrected chi connectivity index (χ0v) is 18.6. The van der Waals surface area contributed by atoms with Gasteiger partial charge in [0.05, 0.1) is 13.2 Å². The second kappa shape index (κ2) is 17.9. The molecular formula is C21H34N2O5S.